The maximum Gasteiger partial charge on any atom is 0.126 e. The van der Waals surface area contributed by atoms with Crippen molar-refractivity contribution < 1.29 is 4.39 Å². The Morgan fingerprint density at radius 1 is 1.23 bits per heavy atom. The van der Waals surface area contributed by atoms with Crippen LogP contribution in [0.25, 0.3) is 16.6 Å². The predicted molar refractivity (Wildman–Crippen MR) is 131 cm³/mol. The minimum atomic E-state index is -0.219. The number of nitrogen functional groups attached to an aromatic ring is 1. The number of unbranched alkanes of at least 4 members (excludes halogenated alkanes) is 2. The van der Waals surface area contributed by atoms with Gasteiger partial charge in [0.1, 0.15) is 5.82 Å². The highest BCUT2D eigenvalue weighted by atomic mass is 19.1. The molecule has 0 bridgehead atoms. The summed E-state index contributed by atoms with van der Waals surface area (Å²) in [5.41, 5.74) is 12.2. The molecule has 0 radical (unpaired) electrons. The van der Waals surface area contributed by atoms with E-state index in [4.69, 9.17) is 11.1 Å². The number of benzene rings is 2. The lowest BCUT2D eigenvalue weighted by Crippen LogP contribution is -2.19. The molecule has 31 heavy (non-hydrogen) atoms. The first-order valence-corrected chi connectivity index (χ1v) is 11.0. The quantitative estimate of drug-likeness (QED) is 0.224. The predicted octanol–water partition coefficient (Wildman–Crippen LogP) is 6.92. The van der Waals surface area contributed by atoms with Crippen LogP contribution in [0.4, 0.5) is 15.8 Å². The lowest BCUT2D eigenvalue weighted by atomic mass is 10.1. The Morgan fingerprint density at radius 2 is 1.97 bits per heavy atom. The van der Waals surface area contributed by atoms with Crippen molar-refractivity contribution in [2.24, 2.45) is 0 Å². The van der Waals surface area contributed by atoms with Crippen LogP contribution in [0.1, 0.15) is 62.8 Å². The maximum absolute atomic E-state index is 14.0. The molecule has 1 heterocycles. The average Bonchev–Trinajstić information content (AvgIpc) is 3.06. The molecule has 0 amide bonds. The third-order valence-electron chi connectivity index (χ3n) is 5.79. The van der Waals surface area contributed by atoms with Gasteiger partial charge in [-0.25, -0.2) is 4.39 Å². The summed E-state index contributed by atoms with van der Waals surface area (Å²) in [4.78, 5) is 2.21. The Hall–Kier alpha value is -3.08. The highest BCUT2D eigenvalue weighted by Crippen LogP contribution is 2.42. The first-order valence-electron chi connectivity index (χ1n) is 11.0. The van der Waals surface area contributed by atoms with Gasteiger partial charge in [0.05, 0.1) is 16.9 Å². The van der Waals surface area contributed by atoms with Gasteiger partial charge in [0.25, 0.3) is 0 Å². The Bertz CT molecular complexity index is 1110. The van der Waals surface area contributed by atoms with Gasteiger partial charge in [0, 0.05) is 35.1 Å². The number of rotatable bonds is 9. The number of nitrogens with two attached hydrogens (primary N) is 1. The van der Waals surface area contributed by atoms with E-state index >= 15 is 0 Å². The highest BCUT2D eigenvalue weighted by molar-refractivity contribution is 6.03. The minimum absolute atomic E-state index is 0.200. The van der Waals surface area contributed by atoms with Gasteiger partial charge in [0.2, 0.25) is 0 Å². The van der Waals surface area contributed by atoms with E-state index in [9.17, 15) is 4.39 Å². The molecule has 0 aliphatic carbocycles. The summed E-state index contributed by atoms with van der Waals surface area (Å²) in [5, 5.41) is 8.80. The van der Waals surface area contributed by atoms with Crippen molar-refractivity contribution in [3.05, 3.63) is 65.7 Å². The van der Waals surface area contributed by atoms with E-state index in [1.807, 2.05) is 30.5 Å². The van der Waals surface area contributed by atoms with Crippen LogP contribution in [0.3, 0.4) is 0 Å². The van der Waals surface area contributed by atoms with Gasteiger partial charge < -0.3 is 20.6 Å². The standard InChI is InChI=1S/C26H33FN4/c1-6-8-9-12-30(7-2)26-21-15-23(29)19(16-28)14-24(21)31(25(26)17(3)4)20-10-11-22(27)18(5)13-20/h7,10-11,13-17,28H,2,6,8-9,12,29H2,1,3-5H3. The fourth-order valence-corrected chi connectivity index (χ4v) is 4.20. The second-order valence-corrected chi connectivity index (χ2v) is 8.38. The first-order chi connectivity index (χ1) is 14.8. The van der Waals surface area contributed by atoms with Crippen LogP contribution in [-0.2, 0) is 0 Å². The van der Waals surface area contributed by atoms with E-state index in [1.165, 1.54) is 12.3 Å². The van der Waals surface area contributed by atoms with Gasteiger partial charge in [-0.1, -0.05) is 40.2 Å². The number of aromatic nitrogens is 1. The van der Waals surface area contributed by atoms with E-state index < -0.39 is 0 Å². The van der Waals surface area contributed by atoms with Crippen molar-refractivity contribution >= 4 is 28.5 Å². The fourth-order valence-electron chi connectivity index (χ4n) is 4.20. The highest BCUT2D eigenvalue weighted by Gasteiger charge is 2.25. The summed E-state index contributed by atoms with van der Waals surface area (Å²) >= 11 is 0. The van der Waals surface area contributed by atoms with Crippen molar-refractivity contribution in [2.75, 3.05) is 17.2 Å². The summed E-state index contributed by atoms with van der Waals surface area (Å²) in [6.07, 6.45) is 6.53. The smallest absolute Gasteiger partial charge is 0.126 e. The molecular formula is C26H33FN4. The van der Waals surface area contributed by atoms with Crippen LogP contribution in [0.5, 0.6) is 0 Å². The molecule has 0 spiro atoms. The van der Waals surface area contributed by atoms with E-state index in [0.29, 0.717) is 16.8 Å². The Morgan fingerprint density at radius 3 is 2.55 bits per heavy atom. The molecule has 0 aliphatic heterocycles. The SMILES string of the molecule is C=CN(CCCCC)c1c(C(C)C)n(-c2ccc(F)c(C)c2)c2cc(C=N)c(N)cc12. The second-order valence-electron chi connectivity index (χ2n) is 8.38. The largest absolute Gasteiger partial charge is 0.398 e. The van der Waals surface area contributed by atoms with Gasteiger partial charge >= 0.3 is 0 Å². The number of fused-ring (bicyclic) bond motifs is 1. The summed E-state index contributed by atoms with van der Waals surface area (Å²) in [6, 6.07) is 9.12. The monoisotopic (exact) mass is 420 g/mol. The molecule has 0 saturated carbocycles. The van der Waals surface area contributed by atoms with Crippen LogP contribution >= 0.6 is 0 Å². The molecule has 0 aliphatic rings. The number of hydrogen-bond acceptors (Lipinski definition) is 3. The van der Waals surface area contributed by atoms with E-state index in [2.05, 4.69) is 36.8 Å². The fraction of sp³-hybridized carbons (Fsp3) is 0.346. The van der Waals surface area contributed by atoms with Gasteiger partial charge in [-0.3, -0.25) is 0 Å². The Kier molecular flexibility index (Phi) is 6.84. The van der Waals surface area contributed by atoms with Crippen molar-refractivity contribution in [1.82, 2.24) is 4.57 Å². The molecule has 2 aromatic carbocycles. The molecule has 4 nitrogen and oxygen atoms in total. The minimum Gasteiger partial charge on any atom is -0.398 e. The molecule has 1 aromatic heterocycles. The molecule has 0 unspecified atom stereocenters. The lowest BCUT2D eigenvalue weighted by Gasteiger charge is -2.24. The van der Waals surface area contributed by atoms with Gasteiger partial charge in [-0.15, -0.1) is 0 Å². The van der Waals surface area contributed by atoms with E-state index in [-0.39, 0.29) is 11.7 Å². The van der Waals surface area contributed by atoms with Crippen molar-refractivity contribution in [3.63, 3.8) is 0 Å². The van der Waals surface area contributed by atoms with E-state index in [0.717, 1.165) is 53.8 Å². The summed E-state index contributed by atoms with van der Waals surface area (Å²) in [6.45, 7) is 13.3. The lowest BCUT2D eigenvalue weighted by molar-refractivity contribution is 0.618. The molecular weight excluding hydrogens is 387 g/mol. The molecule has 3 rings (SSSR count). The third-order valence-corrected chi connectivity index (χ3v) is 5.79. The molecule has 5 heteroatoms. The molecule has 3 N–H and O–H groups in total. The maximum atomic E-state index is 14.0. The van der Waals surface area contributed by atoms with Gasteiger partial charge in [-0.05, 0) is 61.4 Å². The van der Waals surface area contributed by atoms with Crippen LogP contribution < -0.4 is 10.6 Å². The summed E-state index contributed by atoms with van der Waals surface area (Å²) < 4.78 is 16.2. The topological polar surface area (TPSA) is 58.0 Å². The third kappa shape index (κ3) is 4.22. The van der Waals surface area contributed by atoms with Crippen LogP contribution in [0.15, 0.2) is 43.1 Å². The van der Waals surface area contributed by atoms with Crippen LogP contribution in [0.2, 0.25) is 0 Å². The number of hydrogen-bond donors (Lipinski definition) is 2. The molecule has 0 fully saturated rings. The van der Waals surface area contributed by atoms with Crippen LogP contribution in [0, 0.1) is 18.2 Å². The number of anilines is 2. The van der Waals surface area contributed by atoms with Crippen molar-refractivity contribution in [2.45, 2.75) is 52.9 Å². The summed E-state index contributed by atoms with van der Waals surface area (Å²) in [5.74, 6) is -0.0192. The van der Waals surface area contributed by atoms with Crippen molar-refractivity contribution in [3.8, 4) is 5.69 Å². The molecule has 0 atom stereocenters. The first kappa shape index (κ1) is 22.6. The Labute approximate surface area is 184 Å². The number of nitrogens with one attached hydrogen (secondary N) is 1. The second kappa shape index (κ2) is 9.38. The zero-order chi connectivity index (χ0) is 22.7. The summed E-state index contributed by atoms with van der Waals surface area (Å²) in [7, 11) is 0. The zero-order valence-corrected chi connectivity index (χ0v) is 19.0. The molecule has 3 aromatic rings. The van der Waals surface area contributed by atoms with Crippen LogP contribution in [-0.4, -0.2) is 17.3 Å². The van der Waals surface area contributed by atoms with Gasteiger partial charge in [0.15, 0.2) is 0 Å². The molecule has 0 saturated heterocycles. The normalized spacial score (nSPS) is 11.3. The molecule has 164 valence electrons. The van der Waals surface area contributed by atoms with E-state index in [1.54, 1.807) is 6.92 Å². The number of aryl methyl sites for hydroxylation is 1. The number of halogens is 1. The number of nitrogens with zero attached hydrogens (tertiary/aromatic N) is 2. The average molecular weight is 421 g/mol. The zero-order valence-electron chi connectivity index (χ0n) is 19.0. The van der Waals surface area contributed by atoms with Crippen molar-refractivity contribution in [1.29, 1.82) is 5.41 Å². The van der Waals surface area contributed by atoms with Gasteiger partial charge in [-0.2, -0.15) is 0 Å². The Balaban J connectivity index is 2.40.